The van der Waals surface area contributed by atoms with Crippen LogP contribution in [0.2, 0.25) is 0 Å². The topological polar surface area (TPSA) is 29.1 Å². The minimum atomic E-state index is -0.266. The van der Waals surface area contributed by atoms with Gasteiger partial charge in [0.2, 0.25) is 0 Å². The summed E-state index contributed by atoms with van der Waals surface area (Å²) in [7, 11) is 0. The van der Waals surface area contributed by atoms with Crippen LogP contribution in [0.1, 0.15) is 48.5 Å². The normalized spacial score (nSPS) is 23.1. The van der Waals surface area contributed by atoms with Crippen molar-refractivity contribution < 1.29 is 9.18 Å². The summed E-state index contributed by atoms with van der Waals surface area (Å²) in [4.78, 5) is 12.0. The third-order valence-corrected chi connectivity index (χ3v) is 4.23. The first-order valence-corrected chi connectivity index (χ1v) is 7.12. The highest BCUT2D eigenvalue weighted by Gasteiger charge is 2.21. The summed E-state index contributed by atoms with van der Waals surface area (Å²) in [5, 5.41) is 2.98. The smallest absolute Gasteiger partial charge is 0.251 e. The molecule has 0 bridgehead atoms. The molecule has 0 aromatic heterocycles. The van der Waals surface area contributed by atoms with E-state index in [1.807, 2.05) is 0 Å². The zero-order valence-corrected chi connectivity index (χ0v) is 11.7. The van der Waals surface area contributed by atoms with Gasteiger partial charge in [-0.05, 0) is 48.9 Å². The maximum Gasteiger partial charge on any atom is 0.251 e. The van der Waals surface area contributed by atoms with Crippen molar-refractivity contribution in [3.05, 3.63) is 35.1 Å². The first kappa shape index (κ1) is 14.0. The van der Waals surface area contributed by atoms with Crippen molar-refractivity contribution in [1.82, 2.24) is 5.32 Å². The largest absolute Gasteiger partial charge is 0.352 e. The molecule has 2 atom stereocenters. The summed E-state index contributed by atoms with van der Waals surface area (Å²) >= 11 is 0. The second-order valence-electron chi connectivity index (χ2n) is 5.70. The number of rotatable bonds is 3. The molecule has 19 heavy (non-hydrogen) atoms. The van der Waals surface area contributed by atoms with Gasteiger partial charge in [-0.1, -0.05) is 26.2 Å². The average molecular weight is 263 g/mol. The molecule has 0 radical (unpaired) electrons. The lowest BCUT2D eigenvalue weighted by Crippen LogP contribution is -2.33. The lowest BCUT2D eigenvalue weighted by Gasteiger charge is -2.28. The van der Waals surface area contributed by atoms with Gasteiger partial charge in [-0.15, -0.1) is 0 Å². The number of nitrogens with one attached hydrogen (secondary N) is 1. The van der Waals surface area contributed by atoms with Crippen LogP contribution in [0.3, 0.4) is 0 Å². The third-order valence-electron chi connectivity index (χ3n) is 4.23. The Hall–Kier alpha value is -1.38. The van der Waals surface area contributed by atoms with Crippen LogP contribution in [0.15, 0.2) is 18.2 Å². The van der Waals surface area contributed by atoms with Gasteiger partial charge in [-0.3, -0.25) is 4.79 Å². The molecule has 1 aromatic rings. The minimum absolute atomic E-state index is 0.0964. The Kier molecular flexibility index (Phi) is 4.56. The third kappa shape index (κ3) is 3.55. The van der Waals surface area contributed by atoms with E-state index < -0.39 is 0 Å². The maximum absolute atomic E-state index is 13.2. The van der Waals surface area contributed by atoms with E-state index in [0.717, 1.165) is 6.54 Å². The van der Waals surface area contributed by atoms with Gasteiger partial charge in [0.15, 0.2) is 0 Å². The predicted octanol–water partition coefficient (Wildman–Crippen LogP) is 3.69. The summed E-state index contributed by atoms with van der Waals surface area (Å²) in [5.41, 5.74) is 1.06. The molecule has 1 fully saturated rings. The zero-order chi connectivity index (χ0) is 13.8. The van der Waals surface area contributed by atoms with E-state index in [0.29, 0.717) is 23.0 Å². The summed E-state index contributed by atoms with van der Waals surface area (Å²) in [6.07, 6.45) is 5.03. The monoisotopic (exact) mass is 263 g/mol. The van der Waals surface area contributed by atoms with Gasteiger partial charge in [0.25, 0.3) is 5.91 Å². The molecule has 1 amide bonds. The highest BCUT2D eigenvalue weighted by molar-refractivity contribution is 5.94. The van der Waals surface area contributed by atoms with Crippen molar-refractivity contribution in [3.8, 4) is 0 Å². The summed E-state index contributed by atoms with van der Waals surface area (Å²) < 4.78 is 13.2. The van der Waals surface area contributed by atoms with Gasteiger partial charge in [-0.2, -0.15) is 0 Å². The Bertz CT molecular complexity index is 458. The van der Waals surface area contributed by atoms with Gasteiger partial charge in [0, 0.05) is 12.1 Å². The Morgan fingerprint density at radius 3 is 2.79 bits per heavy atom. The van der Waals surface area contributed by atoms with Crippen LogP contribution in [0.5, 0.6) is 0 Å². The van der Waals surface area contributed by atoms with E-state index in [1.165, 1.54) is 31.7 Å². The van der Waals surface area contributed by atoms with Crippen molar-refractivity contribution in [2.75, 3.05) is 6.54 Å². The Morgan fingerprint density at radius 1 is 1.37 bits per heavy atom. The number of halogens is 1. The molecular weight excluding hydrogens is 241 g/mol. The first-order chi connectivity index (χ1) is 9.08. The van der Waals surface area contributed by atoms with Crippen molar-refractivity contribution in [2.45, 2.75) is 39.5 Å². The predicted molar refractivity (Wildman–Crippen MR) is 74.6 cm³/mol. The van der Waals surface area contributed by atoms with Gasteiger partial charge < -0.3 is 5.32 Å². The molecule has 1 N–H and O–H groups in total. The molecule has 1 aromatic carbocycles. The quantitative estimate of drug-likeness (QED) is 0.885. The molecule has 0 saturated heterocycles. The molecule has 1 aliphatic carbocycles. The number of amides is 1. The lowest BCUT2D eigenvalue weighted by atomic mass is 9.80. The summed E-state index contributed by atoms with van der Waals surface area (Å²) in [6.45, 7) is 4.67. The molecule has 0 heterocycles. The Balaban J connectivity index is 1.91. The average Bonchev–Trinajstić information content (AvgIpc) is 2.40. The summed E-state index contributed by atoms with van der Waals surface area (Å²) in [5.74, 6) is 0.904. The molecule has 3 heteroatoms. The second-order valence-corrected chi connectivity index (χ2v) is 5.70. The molecular formula is C16H22FNO. The van der Waals surface area contributed by atoms with Gasteiger partial charge in [0.05, 0.1) is 0 Å². The first-order valence-electron chi connectivity index (χ1n) is 7.12. The maximum atomic E-state index is 13.2. The molecule has 2 unspecified atom stereocenters. The number of carbonyl (C=O) groups excluding carboxylic acids is 1. The van der Waals surface area contributed by atoms with E-state index in [-0.39, 0.29) is 11.7 Å². The van der Waals surface area contributed by atoms with Crippen molar-refractivity contribution in [2.24, 2.45) is 11.8 Å². The molecule has 2 rings (SSSR count). The highest BCUT2D eigenvalue weighted by atomic mass is 19.1. The number of benzene rings is 1. The minimum Gasteiger partial charge on any atom is -0.352 e. The fourth-order valence-electron chi connectivity index (χ4n) is 2.81. The van der Waals surface area contributed by atoms with E-state index in [2.05, 4.69) is 12.2 Å². The number of aryl methyl sites for hydroxylation is 1. The SMILES string of the molecule is Cc1cc(C(=O)NCC2CCCCC2C)ccc1F. The molecule has 104 valence electrons. The molecule has 1 aliphatic rings. The Labute approximate surface area is 114 Å². The number of carbonyl (C=O) groups is 1. The van der Waals surface area contributed by atoms with Crippen molar-refractivity contribution in [3.63, 3.8) is 0 Å². The summed E-state index contributed by atoms with van der Waals surface area (Å²) in [6, 6.07) is 4.50. The highest BCUT2D eigenvalue weighted by Crippen LogP contribution is 2.28. The Morgan fingerprint density at radius 2 is 2.11 bits per heavy atom. The van der Waals surface area contributed by atoms with Crippen molar-refractivity contribution >= 4 is 5.91 Å². The zero-order valence-electron chi connectivity index (χ0n) is 11.7. The lowest BCUT2D eigenvalue weighted by molar-refractivity contribution is 0.0936. The standard InChI is InChI=1S/C16H22FNO/c1-11-5-3-4-6-14(11)10-18-16(19)13-7-8-15(17)12(2)9-13/h7-9,11,14H,3-6,10H2,1-2H3,(H,18,19). The van der Waals surface area contributed by atoms with E-state index in [9.17, 15) is 9.18 Å². The van der Waals surface area contributed by atoms with Gasteiger partial charge in [0.1, 0.15) is 5.82 Å². The van der Waals surface area contributed by atoms with Crippen LogP contribution in [-0.4, -0.2) is 12.5 Å². The molecule has 0 aliphatic heterocycles. The van der Waals surface area contributed by atoms with Crippen molar-refractivity contribution in [1.29, 1.82) is 0 Å². The molecule has 2 nitrogen and oxygen atoms in total. The van der Waals surface area contributed by atoms with Crippen LogP contribution in [0.4, 0.5) is 4.39 Å². The second kappa shape index (κ2) is 6.18. The van der Waals surface area contributed by atoms with Crippen LogP contribution in [-0.2, 0) is 0 Å². The van der Waals surface area contributed by atoms with Crippen LogP contribution in [0.25, 0.3) is 0 Å². The van der Waals surface area contributed by atoms with Gasteiger partial charge in [-0.25, -0.2) is 4.39 Å². The van der Waals surface area contributed by atoms with Crippen LogP contribution in [0, 0.1) is 24.6 Å². The fraction of sp³-hybridized carbons (Fsp3) is 0.562. The molecule has 1 saturated carbocycles. The van der Waals surface area contributed by atoms with E-state index >= 15 is 0 Å². The number of hydrogen-bond acceptors (Lipinski definition) is 1. The molecule has 0 spiro atoms. The number of hydrogen-bond donors (Lipinski definition) is 1. The van der Waals surface area contributed by atoms with E-state index in [1.54, 1.807) is 19.1 Å². The van der Waals surface area contributed by atoms with Crippen LogP contribution >= 0.6 is 0 Å². The van der Waals surface area contributed by atoms with Crippen LogP contribution < -0.4 is 5.32 Å². The fourth-order valence-corrected chi connectivity index (χ4v) is 2.81. The van der Waals surface area contributed by atoms with Gasteiger partial charge >= 0.3 is 0 Å². The van der Waals surface area contributed by atoms with E-state index in [4.69, 9.17) is 0 Å².